The van der Waals surface area contributed by atoms with E-state index in [1.54, 1.807) is 7.11 Å². The highest BCUT2D eigenvalue weighted by atomic mass is 16.5. The molecule has 4 rings (SSSR count). The van der Waals surface area contributed by atoms with E-state index in [2.05, 4.69) is 65.7 Å². The summed E-state index contributed by atoms with van der Waals surface area (Å²) >= 11 is 0. The van der Waals surface area contributed by atoms with Crippen LogP contribution in [-0.4, -0.2) is 42.8 Å². The molecule has 0 saturated carbocycles. The Balaban J connectivity index is 1.47. The van der Waals surface area contributed by atoms with E-state index in [-0.39, 0.29) is 11.6 Å². The molecule has 5 nitrogen and oxygen atoms in total. The van der Waals surface area contributed by atoms with E-state index in [0.29, 0.717) is 25.9 Å². The van der Waals surface area contributed by atoms with E-state index in [1.165, 1.54) is 11.1 Å². The molecular formula is C30H36N2O3. The van der Waals surface area contributed by atoms with Gasteiger partial charge in [0.1, 0.15) is 5.75 Å². The van der Waals surface area contributed by atoms with Crippen LogP contribution in [0.1, 0.15) is 49.3 Å². The Morgan fingerprint density at radius 2 is 1.51 bits per heavy atom. The molecule has 3 aromatic carbocycles. The third-order valence-electron chi connectivity index (χ3n) is 7.69. The molecule has 1 saturated heterocycles. The molecule has 0 aliphatic carbocycles. The van der Waals surface area contributed by atoms with Crippen LogP contribution in [-0.2, 0) is 15.8 Å². The molecule has 2 N–H and O–H groups in total. The third-order valence-corrected chi connectivity index (χ3v) is 7.69. The summed E-state index contributed by atoms with van der Waals surface area (Å²) in [6.45, 7) is 3.71. The molecule has 1 unspecified atom stereocenters. The van der Waals surface area contributed by atoms with Gasteiger partial charge in [-0.25, -0.2) is 0 Å². The molecule has 0 aromatic heterocycles. The van der Waals surface area contributed by atoms with Crippen LogP contribution in [0.5, 0.6) is 5.75 Å². The van der Waals surface area contributed by atoms with Gasteiger partial charge in [-0.3, -0.25) is 9.69 Å². The Hall–Kier alpha value is -3.15. The maximum atomic E-state index is 11.5. The van der Waals surface area contributed by atoms with Crippen molar-refractivity contribution in [2.24, 2.45) is 0 Å². The average molecular weight is 473 g/mol. The number of amides is 1. The number of hydrogen-bond donors (Lipinski definition) is 2. The molecule has 0 spiro atoms. The van der Waals surface area contributed by atoms with Crippen LogP contribution in [0.2, 0.25) is 0 Å². The van der Waals surface area contributed by atoms with Crippen LogP contribution in [0, 0.1) is 0 Å². The molecule has 0 radical (unpaired) electrons. The fraction of sp³-hybridized carbons (Fsp3) is 0.367. The average Bonchev–Trinajstić information content (AvgIpc) is 2.92. The van der Waals surface area contributed by atoms with Crippen molar-refractivity contribution in [2.75, 3.05) is 20.2 Å². The summed E-state index contributed by atoms with van der Waals surface area (Å²) in [5.74, 6) is 0.782. The fourth-order valence-corrected chi connectivity index (χ4v) is 5.34. The molecule has 35 heavy (non-hydrogen) atoms. The van der Waals surface area contributed by atoms with Crippen LogP contribution in [0.4, 0.5) is 0 Å². The zero-order valence-corrected chi connectivity index (χ0v) is 20.7. The molecule has 0 bridgehead atoms. The van der Waals surface area contributed by atoms with Crippen LogP contribution in [0.3, 0.4) is 0 Å². The molecule has 1 aliphatic heterocycles. The van der Waals surface area contributed by atoms with E-state index in [4.69, 9.17) is 4.74 Å². The molecule has 1 aliphatic rings. The predicted molar refractivity (Wildman–Crippen MR) is 139 cm³/mol. The molecule has 1 atom stereocenters. The number of carbonyl (C=O) groups excluding carboxylic acids is 1. The normalized spacial score (nSPS) is 16.9. The second kappa shape index (κ2) is 11.1. The summed E-state index contributed by atoms with van der Waals surface area (Å²) < 4.78 is 5.25. The molecule has 5 heteroatoms. The van der Waals surface area contributed by atoms with Gasteiger partial charge in [0.25, 0.3) is 0 Å². The zero-order chi connectivity index (χ0) is 24.7. The number of likely N-dealkylation sites (tertiary alicyclic amines) is 1. The van der Waals surface area contributed by atoms with Gasteiger partial charge in [0.15, 0.2) is 0 Å². The van der Waals surface area contributed by atoms with Gasteiger partial charge >= 0.3 is 0 Å². The van der Waals surface area contributed by atoms with Crippen LogP contribution >= 0.6 is 0 Å². The number of ether oxygens (including phenoxy) is 1. The fourth-order valence-electron chi connectivity index (χ4n) is 5.34. The highest BCUT2D eigenvalue weighted by molar-refractivity contribution is 5.46. The molecular weight excluding hydrogens is 436 g/mol. The Kier molecular flexibility index (Phi) is 7.89. The largest absolute Gasteiger partial charge is 0.497 e. The third kappa shape index (κ3) is 5.58. The number of nitrogens with zero attached hydrogens (tertiary/aromatic N) is 1. The van der Waals surface area contributed by atoms with Gasteiger partial charge in [-0.05, 0) is 54.5 Å². The maximum absolute atomic E-state index is 11.5. The summed E-state index contributed by atoms with van der Waals surface area (Å²) in [5.41, 5.74) is 2.41. The number of nitrogens with one attached hydrogen (secondary N) is 1. The van der Waals surface area contributed by atoms with E-state index < -0.39 is 5.60 Å². The number of methoxy groups -OCH3 is 1. The van der Waals surface area contributed by atoms with Crippen molar-refractivity contribution >= 4 is 6.41 Å². The molecule has 1 fully saturated rings. The molecule has 184 valence electrons. The SMILES string of the molecule is COc1ccc(C2(O)CCN(C(CCC(C)(c3ccccc3)c3ccccc3)NC=O)CC2)cc1. The standard InChI is InChI=1S/C30H36N2O3/c1-29(24-9-5-3-6-10-24,25-11-7-4-8-12-25)18-17-28(31-23-33)32-21-19-30(34,20-22-32)26-13-15-27(35-2)16-14-26/h3-16,23,28,34H,17-22H2,1-2H3,(H,31,33). The number of carbonyl (C=O) groups is 1. The van der Waals surface area contributed by atoms with E-state index in [0.717, 1.165) is 30.6 Å². The topological polar surface area (TPSA) is 61.8 Å². The van der Waals surface area contributed by atoms with Gasteiger partial charge in [0, 0.05) is 18.5 Å². The van der Waals surface area contributed by atoms with Crippen molar-refractivity contribution < 1.29 is 14.6 Å². The summed E-state index contributed by atoms with van der Waals surface area (Å²) in [4.78, 5) is 13.8. The van der Waals surface area contributed by atoms with Crippen molar-refractivity contribution in [3.05, 3.63) is 102 Å². The van der Waals surface area contributed by atoms with Crippen molar-refractivity contribution in [1.29, 1.82) is 0 Å². The van der Waals surface area contributed by atoms with Crippen LogP contribution in [0.15, 0.2) is 84.9 Å². The first-order valence-corrected chi connectivity index (χ1v) is 12.4. The minimum atomic E-state index is -0.864. The number of piperidine rings is 1. The van der Waals surface area contributed by atoms with E-state index in [9.17, 15) is 9.90 Å². The van der Waals surface area contributed by atoms with Crippen LogP contribution < -0.4 is 10.1 Å². The maximum Gasteiger partial charge on any atom is 0.208 e. The first-order valence-electron chi connectivity index (χ1n) is 12.4. The second-order valence-electron chi connectivity index (χ2n) is 9.70. The second-order valence-corrected chi connectivity index (χ2v) is 9.70. The first kappa shape index (κ1) is 25.0. The minimum absolute atomic E-state index is 0.0836. The Labute approximate surface area is 208 Å². The predicted octanol–water partition coefficient (Wildman–Crippen LogP) is 4.84. The summed E-state index contributed by atoms with van der Waals surface area (Å²) in [6.07, 6.45) is 3.64. The lowest BCUT2D eigenvalue weighted by Gasteiger charge is -2.42. The monoisotopic (exact) mass is 472 g/mol. The number of aliphatic hydroxyl groups is 1. The highest BCUT2D eigenvalue weighted by Gasteiger charge is 2.37. The smallest absolute Gasteiger partial charge is 0.208 e. The summed E-state index contributed by atoms with van der Waals surface area (Å²) in [5, 5.41) is 14.4. The Morgan fingerprint density at radius 1 is 0.971 bits per heavy atom. The van der Waals surface area contributed by atoms with Crippen molar-refractivity contribution in [3.63, 3.8) is 0 Å². The molecule has 1 heterocycles. The van der Waals surface area contributed by atoms with Gasteiger partial charge in [-0.15, -0.1) is 0 Å². The van der Waals surface area contributed by atoms with Crippen molar-refractivity contribution in [1.82, 2.24) is 10.2 Å². The first-order chi connectivity index (χ1) is 17.0. The quantitative estimate of drug-likeness (QED) is 0.415. The zero-order valence-electron chi connectivity index (χ0n) is 20.7. The van der Waals surface area contributed by atoms with Gasteiger partial charge in [0.2, 0.25) is 6.41 Å². The van der Waals surface area contributed by atoms with Crippen molar-refractivity contribution in [2.45, 2.75) is 49.8 Å². The van der Waals surface area contributed by atoms with Gasteiger partial charge in [-0.1, -0.05) is 79.7 Å². The van der Waals surface area contributed by atoms with Gasteiger partial charge in [-0.2, -0.15) is 0 Å². The van der Waals surface area contributed by atoms with E-state index >= 15 is 0 Å². The number of benzene rings is 3. The minimum Gasteiger partial charge on any atom is -0.497 e. The molecule has 1 amide bonds. The number of rotatable bonds is 10. The van der Waals surface area contributed by atoms with Crippen molar-refractivity contribution in [3.8, 4) is 5.75 Å². The molecule has 3 aromatic rings. The summed E-state index contributed by atoms with van der Waals surface area (Å²) in [7, 11) is 1.64. The van der Waals surface area contributed by atoms with Gasteiger partial charge < -0.3 is 15.2 Å². The van der Waals surface area contributed by atoms with Gasteiger partial charge in [0.05, 0.1) is 18.9 Å². The van der Waals surface area contributed by atoms with Crippen LogP contribution in [0.25, 0.3) is 0 Å². The lowest BCUT2D eigenvalue weighted by atomic mass is 9.72. The lowest BCUT2D eigenvalue weighted by Crippen LogP contribution is -2.52. The van der Waals surface area contributed by atoms with E-state index in [1.807, 2.05) is 36.4 Å². The summed E-state index contributed by atoms with van der Waals surface area (Å²) in [6, 6.07) is 28.9. The number of hydrogen-bond acceptors (Lipinski definition) is 4. The lowest BCUT2D eigenvalue weighted by molar-refractivity contribution is -0.112. The Bertz CT molecular complexity index is 1020. The highest BCUT2D eigenvalue weighted by Crippen LogP contribution is 2.38. The Morgan fingerprint density at radius 3 is 2.00 bits per heavy atom.